The molecule has 2 aromatic rings. The van der Waals surface area contributed by atoms with Crippen LogP contribution in [0.1, 0.15) is 139 Å². The second-order valence-electron chi connectivity index (χ2n) is 12.7. The van der Waals surface area contributed by atoms with E-state index >= 15 is 0 Å². The van der Waals surface area contributed by atoms with Gasteiger partial charge in [-0.2, -0.15) is 5.26 Å². The first-order valence-electron chi connectivity index (χ1n) is 17.9. The topological polar surface area (TPSA) is 94.8 Å². The zero-order chi connectivity index (χ0) is 33.7. The Morgan fingerprint density at radius 2 is 1.43 bits per heavy atom. The highest BCUT2D eigenvalue weighted by atomic mass is 19.1. The van der Waals surface area contributed by atoms with Crippen molar-refractivity contribution in [1.29, 1.82) is 5.26 Å². The number of benzene rings is 2. The highest BCUT2D eigenvalue weighted by Crippen LogP contribution is 2.29. The van der Waals surface area contributed by atoms with Gasteiger partial charge in [-0.25, -0.2) is 14.0 Å². The van der Waals surface area contributed by atoms with Crippen LogP contribution in [0.3, 0.4) is 0 Å². The highest BCUT2D eigenvalue weighted by Gasteiger charge is 2.27. The number of carbonyl (C=O) groups is 2. The Hall–Kier alpha value is -3.60. The van der Waals surface area contributed by atoms with E-state index in [0.29, 0.717) is 61.2 Å². The molecule has 0 radical (unpaired) electrons. The molecule has 1 aliphatic rings. The molecule has 1 atom stereocenters. The summed E-state index contributed by atoms with van der Waals surface area (Å²) in [6, 6.07) is 13.7. The number of alkyl halides is 1. The normalized spacial score (nSPS) is 16.6. The monoisotopic (exact) mass is 651 g/mol. The molecule has 3 rings (SSSR count). The van der Waals surface area contributed by atoms with Gasteiger partial charge in [0.2, 0.25) is 0 Å². The average Bonchev–Trinajstić information content (AvgIpc) is 3.09. The van der Waals surface area contributed by atoms with Gasteiger partial charge in [-0.3, -0.25) is 0 Å². The van der Waals surface area contributed by atoms with Crippen LogP contribution in [0.4, 0.5) is 4.39 Å². The van der Waals surface area contributed by atoms with Gasteiger partial charge in [0.15, 0.2) is 6.17 Å². The van der Waals surface area contributed by atoms with Gasteiger partial charge in [-0.05, 0) is 86.9 Å². The first-order valence-corrected chi connectivity index (χ1v) is 17.9. The molecule has 1 aliphatic carbocycles. The lowest BCUT2D eigenvalue weighted by Gasteiger charge is -2.28. The third-order valence-electron chi connectivity index (χ3n) is 8.75. The second-order valence-corrected chi connectivity index (χ2v) is 12.7. The van der Waals surface area contributed by atoms with Crippen LogP contribution < -0.4 is 14.2 Å². The number of rotatable bonds is 22. The summed E-state index contributed by atoms with van der Waals surface area (Å²) in [4.78, 5) is 24.7. The lowest BCUT2D eigenvalue weighted by Crippen LogP contribution is -2.30. The highest BCUT2D eigenvalue weighted by molar-refractivity contribution is 5.91. The Balaban J connectivity index is 1.34. The SMILES string of the molecule is CCCCCCCCCCCCOc1ccc(C(=O)Oc2ccc(OC[C@H]3CC[C@H](OC(=O)[C@@H](F)CCCC)CC3)cc2)cc1C#N. The van der Waals surface area contributed by atoms with Crippen LogP contribution >= 0.6 is 0 Å². The second kappa shape index (κ2) is 22.1. The molecule has 0 saturated heterocycles. The van der Waals surface area contributed by atoms with Crippen LogP contribution in [0, 0.1) is 17.2 Å². The molecule has 0 aromatic heterocycles. The molecule has 1 fully saturated rings. The quantitative estimate of drug-likeness (QED) is 0.0710. The molecule has 1 saturated carbocycles. The summed E-state index contributed by atoms with van der Waals surface area (Å²) in [6.45, 7) is 5.27. The average molecular weight is 652 g/mol. The Morgan fingerprint density at radius 1 is 0.809 bits per heavy atom. The fraction of sp³-hybridized carbons (Fsp3) is 0.615. The number of nitriles is 1. The summed E-state index contributed by atoms with van der Waals surface area (Å²) in [6.07, 6.45) is 15.5. The van der Waals surface area contributed by atoms with Crippen LogP contribution in [0.15, 0.2) is 42.5 Å². The third-order valence-corrected chi connectivity index (χ3v) is 8.75. The first-order chi connectivity index (χ1) is 22.9. The van der Waals surface area contributed by atoms with Crippen LogP contribution in [0.2, 0.25) is 0 Å². The predicted molar refractivity (Wildman–Crippen MR) is 182 cm³/mol. The van der Waals surface area contributed by atoms with E-state index in [1.54, 1.807) is 36.4 Å². The van der Waals surface area contributed by atoms with Gasteiger partial charge in [-0.1, -0.05) is 84.5 Å². The van der Waals surface area contributed by atoms with E-state index in [2.05, 4.69) is 13.0 Å². The van der Waals surface area contributed by atoms with E-state index < -0.39 is 18.1 Å². The molecular weight excluding hydrogens is 597 g/mol. The fourth-order valence-electron chi connectivity index (χ4n) is 5.78. The smallest absolute Gasteiger partial charge is 0.343 e. The third kappa shape index (κ3) is 14.4. The number of hydrogen-bond acceptors (Lipinski definition) is 7. The molecule has 0 N–H and O–H groups in total. The lowest BCUT2D eigenvalue weighted by atomic mass is 9.88. The minimum Gasteiger partial charge on any atom is -0.493 e. The largest absolute Gasteiger partial charge is 0.493 e. The molecular formula is C39H54FNO6. The van der Waals surface area contributed by atoms with Gasteiger partial charge in [0.1, 0.15) is 29.4 Å². The number of ether oxygens (including phenoxy) is 4. The van der Waals surface area contributed by atoms with Gasteiger partial charge in [-0.15, -0.1) is 0 Å². The molecule has 0 amide bonds. The molecule has 0 aliphatic heterocycles. The molecule has 47 heavy (non-hydrogen) atoms. The summed E-state index contributed by atoms with van der Waals surface area (Å²) in [5, 5.41) is 9.63. The maximum absolute atomic E-state index is 13.9. The van der Waals surface area contributed by atoms with Crippen molar-refractivity contribution in [3.8, 4) is 23.3 Å². The Labute approximate surface area is 281 Å². The van der Waals surface area contributed by atoms with Crippen molar-refractivity contribution in [1.82, 2.24) is 0 Å². The van der Waals surface area contributed by atoms with Crippen LogP contribution in [0.5, 0.6) is 17.2 Å². The molecule has 0 bridgehead atoms. The zero-order valence-electron chi connectivity index (χ0n) is 28.5. The van der Waals surface area contributed by atoms with Crippen molar-refractivity contribution in [2.45, 2.75) is 135 Å². The number of esters is 2. The van der Waals surface area contributed by atoms with Gasteiger partial charge in [0.05, 0.1) is 24.3 Å². The zero-order valence-corrected chi connectivity index (χ0v) is 28.5. The van der Waals surface area contributed by atoms with E-state index in [4.69, 9.17) is 18.9 Å². The van der Waals surface area contributed by atoms with Gasteiger partial charge >= 0.3 is 11.9 Å². The van der Waals surface area contributed by atoms with Crippen molar-refractivity contribution in [2.24, 2.45) is 5.92 Å². The van der Waals surface area contributed by atoms with Crippen molar-refractivity contribution in [2.75, 3.05) is 13.2 Å². The molecule has 0 heterocycles. The lowest BCUT2D eigenvalue weighted by molar-refractivity contribution is -0.157. The molecule has 258 valence electrons. The number of halogens is 1. The number of nitrogens with zero attached hydrogens (tertiary/aromatic N) is 1. The first kappa shape index (κ1) is 37.9. The van der Waals surface area contributed by atoms with Crippen LogP contribution in [-0.4, -0.2) is 37.4 Å². The van der Waals surface area contributed by atoms with Crippen LogP contribution in [0.25, 0.3) is 0 Å². The Morgan fingerprint density at radius 3 is 2.06 bits per heavy atom. The van der Waals surface area contributed by atoms with Crippen molar-refractivity contribution < 1.29 is 32.9 Å². The molecule has 7 nitrogen and oxygen atoms in total. The number of unbranched alkanes of at least 4 members (excludes halogenated alkanes) is 10. The Kier molecular flexibility index (Phi) is 17.8. The number of hydrogen-bond donors (Lipinski definition) is 0. The molecule has 8 heteroatoms. The van der Waals surface area contributed by atoms with E-state index in [1.807, 2.05) is 6.92 Å². The molecule has 0 spiro atoms. The number of carbonyl (C=O) groups excluding carboxylic acids is 2. The van der Waals surface area contributed by atoms with E-state index in [-0.39, 0.29) is 18.1 Å². The maximum Gasteiger partial charge on any atom is 0.343 e. The van der Waals surface area contributed by atoms with E-state index in [1.165, 1.54) is 57.4 Å². The van der Waals surface area contributed by atoms with Gasteiger partial charge in [0, 0.05) is 0 Å². The summed E-state index contributed by atoms with van der Waals surface area (Å²) in [5.41, 5.74) is 0.582. The van der Waals surface area contributed by atoms with Gasteiger partial charge in [0.25, 0.3) is 0 Å². The van der Waals surface area contributed by atoms with E-state index in [9.17, 15) is 19.2 Å². The maximum atomic E-state index is 13.9. The summed E-state index contributed by atoms with van der Waals surface area (Å²) < 4.78 is 36.6. The van der Waals surface area contributed by atoms with Crippen molar-refractivity contribution in [3.63, 3.8) is 0 Å². The van der Waals surface area contributed by atoms with Crippen molar-refractivity contribution >= 4 is 11.9 Å². The standard InChI is InChI=1S/C39H54FNO6/c1-3-5-7-8-9-10-11-12-13-14-26-44-37-25-18-31(27-32(37)28-41)38(42)46-35-23-21-33(22-24-35)45-29-30-16-19-34(20-17-30)47-39(43)36(40)15-6-4-2/h18,21-25,27,30,34,36H,3-17,19-20,26,29H2,1-2H3/t30-,34-,36-/m0/s1. The Bertz CT molecular complexity index is 1240. The van der Waals surface area contributed by atoms with Crippen LogP contribution in [-0.2, 0) is 9.53 Å². The van der Waals surface area contributed by atoms with Crippen molar-refractivity contribution in [3.05, 3.63) is 53.6 Å². The molecule has 2 aromatic carbocycles. The summed E-state index contributed by atoms with van der Waals surface area (Å²) in [7, 11) is 0. The molecule has 0 unspecified atom stereocenters. The van der Waals surface area contributed by atoms with Gasteiger partial charge < -0.3 is 18.9 Å². The van der Waals surface area contributed by atoms with E-state index in [0.717, 1.165) is 32.1 Å². The fourth-order valence-corrected chi connectivity index (χ4v) is 5.78. The predicted octanol–water partition coefficient (Wildman–Crippen LogP) is 10.1. The summed E-state index contributed by atoms with van der Waals surface area (Å²) >= 11 is 0. The summed E-state index contributed by atoms with van der Waals surface area (Å²) in [5.74, 6) is 0.537. The minimum absolute atomic E-state index is 0.223. The minimum atomic E-state index is -1.53.